The van der Waals surface area contributed by atoms with E-state index in [1.165, 1.54) is 24.5 Å². The summed E-state index contributed by atoms with van der Waals surface area (Å²) < 4.78 is 136. The first-order valence-corrected chi connectivity index (χ1v) is 8.16. The van der Waals surface area contributed by atoms with Gasteiger partial charge in [-0.15, -0.1) is 0 Å². The molecule has 150 valence electrons. The van der Waals surface area contributed by atoms with Crippen molar-refractivity contribution in [3.8, 4) is 17.3 Å². The molecule has 2 aromatic heterocycles. The summed E-state index contributed by atoms with van der Waals surface area (Å²) in [6, 6.07) is -1.93. The third-order valence-electron chi connectivity index (χ3n) is 4.24. The third kappa shape index (κ3) is 3.14. The largest absolute Gasteiger partial charge is 0.340 e. The molecule has 0 radical (unpaired) electrons. The van der Waals surface area contributed by atoms with Crippen molar-refractivity contribution in [2.75, 3.05) is 16.8 Å². The van der Waals surface area contributed by atoms with Gasteiger partial charge in [-0.05, 0) is 32.2 Å². The second-order valence-corrected chi connectivity index (χ2v) is 5.95. The van der Waals surface area contributed by atoms with E-state index < -0.39 is 75.1 Å². The third-order valence-corrected chi connectivity index (χ3v) is 4.24. The summed E-state index contributed by atoms with van der Waals surface area (Å²) >= 11 is 0. The molecule has 0 N–H and O–H groups in total. The highest BCUT2D eigenvalue weighted by atomic mass is 19.1. The lowest BCUT2D eigenvalue weighted by Gasteiger charge is -2.42. The Morgan fingerprint density at radius 1 is 1.38 bits per heavy atom. The summed E-state index contributed by atoms with van der Waals surface area (Å²) in [5.41, 5.74) is -0.669. The molecule has 1 aliphatic heterocycles. The lowest BCUT2D eigenvalue weighted by Crippen LogP contribution is -2.55. The molecule has 4 rings (SSSR count). The predicted octanol–water partition coefficient (Wildman–Crippen LogP) is 3.44. The second kappa shape index (κ2) is 7.27. The van der Waals surface area contributed by atoms with E-state index >= 15 is 0 Å². The topological polar surface area (TPSA) is 67.2 Å². The molecule has 7 nitrogen and oxygen atoms in total. The number of amides is 1. The minimum absolute atomic E-state index is 0.00582. The molecule has 3 heterocycles. The van der Waals surface area contributed by atoms with Crippen molar-refractivity contribution in [3.63, 3.8) is 0 Å². The molecule has 0 spiro atoms. The monoisotopic (exact) mass is 409 g/mol. The lowest BCUT2D eigenvalue weighted by atomic mass is 10.1. The van der Waals surface area contributed by atoms with Crippen LogP contribution in [0.15, 0.2) is 42.9 Å². The van der Waals surface area contributed by atoms with Crippen LogP contribution in [0.2, 0.25) is 0 Å². The zero-order valence-corrected chi connectivity index (χ0v) is 14.6. The molecule has 8 heteroatoms. The summed E-state index contributed by atoms with van der Waals surface area (Å²) in [7, 11) is 0. The fourth-order valence-corrected chi connectivity index (χ4v) is 2.95. The molecule has 1 aliphatic rings. The molecular weight excluding hydrogens is 371 g/mol. The number of fused-ring (bicyclic) bond motifs is 1. The summed E-state index contributed by atoms with van der Waals surface area (Å²) in [6.07, 6.45) is -0.664. The Morgan fingerprint density at radius 3 is 3.03 bits per heavy atom. The number of halogens is 1. The van der Waals surface area contributed by atoms with Crippen LogP contribution in [0.25, 0.3) is 17.3 Å². The van der Waals surface area contributed by atoms with Gasteiger partial charge in [-0.1, -0.05) is 19.0 Å². The van der Waals surface area contributed by atoms with Gasteiger partial charge in [0.15, 0.2) is 5.82 Å². The van der Waals surface area contributed by atoms with E-state index in [-0.39, 0.29) is 21.2 Å². The number of aromatic nitrogens is 4. The number of imidazole rings is 1. The Balaban J connectivity index is 2.15. The van der Waals surface area contributed by atoms with Crippen LogP contribution < -0.4 is 9.80 Å². The van der Waals surface area contributed by atoms with E-state index in [1.807, 2.05) is 0 Å². The van der Waals surface area contributed by atoms with Gasteiger partial charge >= 0.3 is 0 Å². The van der Waals surface area contributed by atoms with Crippen molar-refractivity contribution in [1.29, 1.82) is 0 Å². The van der Waals surface area contributed by atoms with Crippen LogP contribution in [0.3, 0.4) is 0 Å². The number of hydrogen-bond acceptors (Lipinski definition) is 5. The van der Waals surface area contributed by atoms with Crippen molar-refractivity contribution in [1.82, 2.24) is 19.5 Å². The minimum Gasteiger partial charge on any atom is -0.340 e. The molecular formula is C21H23FN6O. The van der Waals surface area contributed by atoms with Crippen molar-refractivity contribution in [2.24, 2.45) is 0 Å². The summed E-state index contributed by atoms with van der Waals surface area (Å²) in [4.78, 5) is 25.9. The second-order valence-electron chi connectivity index (χ2n) is 5.95. The Labute approximate surface area is 189 Å². The quantitative estimate of drug-likeness (QED) is 0.660. The van der Waals surface area contributed by atoms with Crippen molar-refractivity contribution >= 4 is 17.4 Å². The molecule has 0 saturated carbocycles. The maximum Gasteiger partial charge on any atom is 0.249 e. The van der Waals surface area contributed by atoms with Gasteiger partial charge in [0, 0.05) is 50.1 Å². The first-order valence-electron chi connectivity index (χ1n) is 15.7. The molecule has 0 aliphatic carbocycles. The normalized spacial score (nSPS) is 26.7. The molecule has 1 atom stereocenters. The van der Waals surface area contributed by atoms with Crippen molar-refractivity contribution in [3.05, 3.63) is 48.7 Å². The highest BCUT2D eigenvalue weighted by Gasteiger charge is 2.38. The molecule has 0 bridgehead atoms. The van der Waals surface area contributed by atoms with Gasteiger partial charge in [0.25, 0.3) is 0 Å². The molecule has 1 amide bonds. The summed E-state index contributed by atoms with van der Waals surface area (Å²) in [5.74, 6) is -4.07. The SMILES string of the molecule is [2H]C([2H])([2H])N1C(=O)C(C([2H])([2H])C([2H])([2H])[2H])N(C([2H])(C([2H])([2H])[2H])C([2H])([2H])[2H])c2nc(-n3ccnc3-c3cccc(F)c3)ncc21. The van der Waals surface area contributed by atoms with Gasteiger partial charge in [-0.2, -0.15) is 4.98 Å². The molecule has 1 aromatic carbocycles. The van der Waals surface area contributed by atoms with Crippen LogP contribution in [0, 0.1) is 5.82 Å². The molecule has 29 heavy (non-hydrogen) atoms. The highest BCUT2D eigenvalue weighted by molar-refractivity contribution is 6.04. The van der Waals surface area contributed by atoms with Gasteiger partial charge < -0.3 is 9.80 Å². The highest BCUT2D eigenvalue weighted by Crippen LogP contribution is 2.36. The van der Waals surface area contributed by atoms with Gasteiger partial charge in [-0.3, -0.25) is 9.36 Å². The van der Waals surface area contributed by atoms with Crippen LogP contribution in [-0.4, -0.2) is 44.5 Å². The minimum atomic E-state index is -3.97. The number of hydrogen-bond donors (Lipinski definition) is 0. The van der Waals surface area contributed by atoms with E-state index in [0.29, 0.717) is 6.20 Å². The van der Waals surface area contributed by atoms with Crippen LogP contribution in [0.4, 0.5) is 15.9 Å². The number of benzene rings is 1. The first kappa shape index (κ1) is 8.22. The van der Waals surface area contributed by atoms with Gasteiger partial charge in [0.1, 0.15) is 23.4 Å². The lowest BCUT2D eigenvalue weighted by molar-refractivity contribution is -0.120. The first-order chi connectivity index (χ1) is 19.9. The number of carbonyl (C=O) groups excluding carboxylic acids is 1. The number of rotatable bonds is 4. The summed E-state index contributed by atoms with van der Waals surface area (Å²) in [5, 5.41) is 0. The fraction of sp³-hybridized carbons (Fsp3) is 0.333. The van der Waals surface area contributed by atoms with E-state index in [4.69, 9.17) is 20.6 Å². The van der Waals surface area contributed by atoms with E-state index in [1.54, 1.807) is 0 Å². The van der Waals surface area contributed by atoms with E-state index in [2.05, 4.69) is 15.0 Å². The number of likely N-dealkylation sites (N-methyl/N-ethyl adjacent to an activating group) is 1. The van der Waals surface area contributed by atoms with E-state index in [0.717, 1.165) is 16.7 Å². The van der Waals surface area contributed by atoms with Gasteiger partial charge in [0.05, 0.1) is 7.57 Å². The van der Waals surface area contributed by atoms with Crippen molar-refractivity contribution in [2.45, 2.75) is 39.0 Å². The predicted molar refractivity (Wildman–Crippen MR) is 110 cm³/mol. The van der Waals surface area contributed by atoms with Gasteiger partial charge in [-0.25, -0.2) is 14.4 Å². The van der Waals surface area contributed by atoms with Crippen LogP contribution in [0.5, 0.6) is 0 Å². The Hall–Kier alpha value is -3.29. The van der Waals surface area contributed by atoms with Gasteiger partial charge in [0.2, 0.25) is 11.9 Å². The average Bonchev–Trinajstić information content (AvgIpc) is 3.34. The summed E-state index contributed by atoms with van der Waals surface area (Å²) in [6.45, 7) is -15.1. The Morgan fingerprint density at radius 2 is 2.28 bits per heavy atom. The molecule has 0 saturated heterocycles. The molecule has 0 fully saturated rings. The Bertz CT molecular complexity index is 1570. The maximum atomic E-state index is 14.0. The number of anilines is 2. The van der Waals surface area contributed by atoms with Crippen molar-refractivity contribution < 1.29 is 29.7 Å². The van der Waals surface area contributed by atoms with Crippen LogP contribution in [0.1, 0.15) is 47.5 Å². The molecule has 3 aromatic rings. The fourth-order valence-electron chi connectivity index (χ4n) is 2.95. The smallest absolute Gasteiger partial charge is 0.249 e. The number of carbonyl (C=O) groups is 1. The maximum absolute atomic E-state index is 14.0. The average molecular weight is 410 g/mol. The van der Waals surface area contributed by atoms with E-state index in [9.17, 15) is 9.18 Å². The number of nitrogens with zero attached hydrogens (tertiary/aromatic N) is 6. The zero-order valence-electron chi connectivity index (χ0n) is 29.6. The standard InChI is InChI=1S/C21H23FN6O/c1-5-16-20(29)26(4)17-12-24-21(25-19(17)28(16)13(2)3)27-10-9-23-18(27)14-7-6-8-15(22)11-14/h6-13,16H,5H2,1-4H3/i1D3,2D3,3D3,4D3,5D2,13D. The molecule has 1 unspecified atom stereocenters. The zero-order chi connectivity index (χ0) is 33.4. The Kier molecular flexibility index (Phi) is 2.06. The van der Waals surface area contributed by atoms with Crippen LogP contribution in [-0.2, 0) is 4.79 Å². The van der Waals surface area contributed by atoms with Crippen LogP contribution >= 0.6 is 0 Å².